The van der Waals surface area contributed by atoms with Crippen LogP contribution in [0.25, 0.3) is 0 Å². The van der Waals surface area contributed by atoms with Gasteiger partial charge in [-0.3, -0.25) is 9.59 Å². The summed E-state index contributed by atoms with van der Waals surface area (Å²) in [6, 6.07) is 15.7. The second-order valence-electron chi connectivity index (χ2n) is 6.40. The summed E-state index contributed by atoms with van der Waals surface area (Å²) in [6.45, 7) is 3.57. The standard InChI is InChI=1S/C22H22N2O6/c1-3-28-17-11-9-16(10-12-17)23-20(26)14(2)30-22(27)19-18(25)13-29-21(19)24-15-7-5-4-6-8-15/h4-12,14,24H,3,13H2,1-2H3,(H,23,26)/t14-/m0/s1. The number of ether oxygens (including phenoxy) is 3. The number of para-hydroxylation sites is 1. The number of ketones is 1. The van der Waals surface area contributed by atoms with E-state index >= 15 is 0 Å². The lowest BCUT2D eigenvalue weighted by Crippen LogP contribution is -2.31. The van der Waals surface area contributed by atoms with Gasteiger partial charge in [0.05, 0.1) is 6.61 Å². The number of Topliss-reactive ketones (excluding diaryl/α,β-unsaturated/α-hetero) is 1. The molecule has 0 radical (unpaired) electrons. The van der Waals surface area contributed by atoms with Crippen LogP contribution in [-0.4, -0.2) is 37.0 Å². The van der Waals surface area contributed by atoms with Gasteiger partial charge >= 0.3 is 5.97 Å². The largest absolute Gasteiger partial charge is 0.494 e. The van der Waals surface area contributed by atoms with Gasteiger partial charge in [-0.1, -0.05) is 18.2 Å². The summed E-state index contributed by atoms with van der Waals surface area (Å²) in [5, 5.41) is 5.53. The predicted octanol–water partition coefficient (Wildman–Crippen LogP) is 2.88. The first kappa shape index (κ1) is 20.9. The molecule has 1 atom stereocenters. The highest BCUT2D eigenvalue weighted by molar-refractivity contribution is 6.20. The summed E-state index contributed by atoms with van der Waals surface area (Å²) in [7, 11) is 0. The first-order valence-corrected chi connectivity index (χ1v) is 9.45. The molecule has 0 spiro atoms. The second-order valence-corrected chi connectivity index (χ2v) is 6.40. The average molecular weight is 410 g/mol. The number of rotatable bonds is 8. The molecule has 0 aromatic heterocycles. The number of amides is 1. The number of carbonyl (C=O) groups excluding carboxylic acids is 3. The van der Waals surface area contributed by atoms with Crippen molar-refractivity contribution in [1.29, 1.82) is 0 Å². The van der Waals surface area contributed by atoms with Crippen molar-refractivity contribution in [3.05, 3.63) is 66.1 Å². The molecule has 8 nitrogen and oxygen atoms in total. The van der Waals surface area contributed by atoms with E-state index in [1.165, 1.54) is 6.92 Å². The van der Waals surface area contributed by atoms with E-state index in [4.69, 9.17) is 14.2 Å². The fourth-order valence-electron chi connectivity index (χ4n) is 2.68. The zero-order chi connectivity index (χ0) is 21.5. The molecule has 0 aliphatic carbocycles. The van der Waals surface area contributed by atoms with Crippen molar-refractivity contribution in [2.45, 2.75) is 20.0 Å². The minimum absolute atomic E-state index is 0.00956. The number of hydrogen-bond acceptors (Lipinski definition) is 7. The zero-order valence-corrected chi connectivity index (χ0v) is 16.6. The van der Waals surface area contributed by atoms with Crippen LogP contribution in [0.3, 0.4) is 0 Å². The van der Waals surface area contributed by atoms with Crippen LogP contribution >= 0.6 is 0 Å². The molecule has 0 saturated carbocycles. The number of carbonyl (C=O) groups is 3. The van der Waals surface area contributed by atoms with E-state index in [2.05, 4.69) is 10.6 Å². The highest BCUT2D eigenvalue weighted by Gasteiger charge is 2.34. The van der Waals surface area contributed by atoms with Crippen LogP contribution in [0, 0.1) is 0 Å². The van der Waals surface area contributed by atoms with Crippen molar-refractivity contribution in [3.8, 4) is 5.75 Å². The van der Waals surface area contributed by atoms with E-state index in [-0.39, 0.29) is 18.1 Å². The Hall–Kier alpha value is -3.81. The molecule has 156 valence electrons. The molecule has 0 fully saturated rings. The van der Waals surface area contributed by atoms with Gasteiger partial charge < -0.3 is 24.8 Å². The molecule has 2 aromatic rings. The molecule has 1 heterocycles. The van der Waals surface area contributed by atoms with Gasteiger partial charge in [0.15, 0.2) is 18.3 Å². The van der Waals surface area contributed by atoms with Gasteiger partial charge in [0, 0.05) is 11.4 Å². The minimum Gasteiger partial charge on any atom is -0.494 e. The molecule has 3 rings (SSSR count). The Balaban J connectivity index is 1.63. The Morgan fingerprint density at radius 1 is 1.07 bits per heavy atom. The van der Waals surface area contributed by atoms with Crippen molar-refractivity contribution in [2.24, 2.45) is 0 Å². The first-order valence-electron chi connectivity index (χ1n) is 9.45. The third-order valence-electron chi connectivity index (χ3n) is 4.18. The Morgan fingerprint density at radius 3 is 2.43 bits per heavy atom. The summed E-state index contributed by atoms with van der Waals surface area (Å²) in [5.74, 6) is -1.28. The molecule has 30 heavy (non-hydrogen) atoms. The number of hydrogen-bond donors (Lipinski definition) is 2. The third kappa shape index (κ3) is 5.16. The molecule has 0 unspecified atom stereocenters. The van der Waals surface area contributed by atoms with Crippen LogP contribution in [0.15, 0.2) is 66.1 Å². The molecule has 8 heteroatoms. The summed E-state index contributed by atoms with van der Waals surface area (Å²) in [5.41, 5.74) is 0.922. The number of nitrogens with one attached hydrogen (secondary N) is 2. The minimum atomic E-state index is -1.12. The summed E-state index contributed by atoms with van der Waals surface area (Å²) in [6.07, 6.45) is -1.12. The van der Waals surface area contributed by atoms with Gasteiger partial charge in [-0.2, -0.15) is 0 Å². The molecule has 0 saturated heterocycles. The fraction of sp³-hybridized carbons (Fsp3) is 0.227. The normalized spacial score (nSPS) is 14.0. The molecular formula is C22H22N2O6. The van der Waals surface area contributed by atoms with Crippen molar-refractivity contribution in [3.63, 3.8) is 0 Å². The maximum Gasteiger partial charge on any atom is 0.348 e. The molecular weight excluding hydrogens is 388 g/mol. The Bertz CT molecular complexity index is 953. The van der Waals surface area contributed by atoms with Crippen molar-refractivity contribution >= 4 is 29.0 Å². The van der Waals surface area contributed by atoms with Crippen LogP contribution in [-0.2, 0) is 23.9 Å². The topological polar surface area (TPSA) is 103 Å². The highest BCUT2D eigenvalue weighted by atomic mass is 16.6. The van der Waals surface area contributed by atoms with Gasteiger partial charge in [0.2, 0.25) is 11.7 Å². The van der Waals surface area contributed by atoms with E-state index in [1.807, 2.05) is 13.0 Å². The molecule has 2 N–H and O–H groups in total. The van der Waals surface area contributed by atoms with Crippen LogP contribution < -0.4 is 15.4 Å². The maximum absolute atomic E-state index is 12.5. The summed E-state index contributed by atoms with van der Waals surface area (Å²) in [4.78, 5) is 37.0. The van der Waals surface area contributed by atoms with E-state index in [0.29, 0.717) is 23.7 Å². The van der Waals surface area contributed by atoms with Crippen LogP contribution in [0.4, 0.5) is 11.4 Å². The van der Waals surface area contributed by atoms with Crippen LogP contribution in [0.5, 0.6) is 5.75 Å². The second kappa shape index (κ2) is 9.60. The number of benzene rings is 2. The molecule has 1 aliphatic rings. The van der Waals surface area contributed by atoms with Crippen molar-refractivity contribution in [1.82, 2.24) is 0 Å². The van der Waals surface area contributed by atoms with Crippen molar-refractivity contribution < 1.29 is 28.6 Å². The molecule has 1 amide bonds. The molecule has 0 bridgehead atoms. The Kier molecular flexibility index (Phi) is 6.69. The number of anilines is 2. The quantitative estimate of drug-likeness (QED) is 0.509. The van der Waals surface area contributed by atoms with E-state index in [0.717, 1.165) is 0 Å². The third-order valence-corrected chi connectivity index (χ3v) is 4.18. The van der Waals surface area contributed by atoms with Gasteiger partial charge in [-0.15, -0.1) is 0 Å². The van der Waals surface area contributed by atoms with Crippen molar-refractivity contribution in [2.75, 3.05) is 23.8 Å². The highest BCUT2D eigenvalue weighted by Crippen LogP contribution is 2.21. The van der Waals surface area contributed by atoms with Gasteiger partial charge in [0.1, 0.15) is 5.75 Å². The lowest BCUT2D eigenvalue weighted by molar-refractivity contribution is -0.150. The maximum atomic E-state index is 12.5. The summed E-state index contributed by atoms with van der Waals surface area (Å²) < 4.78 is 15.8. The lowest BCUT2D eigenvalue weighted by atomic mass is 10.2. The Morgan fingerprint density at radius 2 is 1.77 bits per heavy atom. The SMILES string of the molecule is CCOc1ccc(NC(=O)[C@H](C)OC(=O)C2=C(Nc3ccccc3)OCC2=O)cc1. The van der Waals surface area contributed by atoms with Crippen LogP contribution in [0.1, 0.15) is 13.8 Å². The van der Waals surface area contributed by atoms with Gasteiger partial charge in [0.25, 0.3) is 5.91 Å². The molecule has 2 aromatic carbocycles. The number of esters is 1. The Labute approximate surface area is 173 Å². The van der Waals surface area contributed by atoms with Crippen LogP contribution in [0.2, 0.25) is 0 Å². The van der Waals surface area contributed by atoms with Gasteiger partial charge in [-0.25, -0.2) is 4.79 Å². The van der Waals surface area contributed by atoms with E-state index in [9.17, 15) is 14.4 Å². The first-order chi connectivity index (χ1) is 14.5. The predicted molar refractivity (Wildman–Crippen MR) is 110 cm³/mol. The van der Waals surface area contributed by atoms with E-state index in [1.54, 1.807) is 48.5 Å². The zero-order valence-electron chi connectivity index (χ0n) is 16.6. The molecule has 1 aliphatic heterocycles. The smallest absolute Gasteiger partial charge is 0.348 e. The lowest BCUT2D eigenvalue weighted by Gasteiger charge is -2.14. The fourth-order valence-corrected chi connectivity index (χ4v) is 2.68. The van der Waals surface area contributed by atoms with Gasteiger partial charge in [-0.05, 0) is 50.2 Å². The summed E-state index contributed by atoms with van der Waals surface area (Å²) >= 11 is 0. The monoisotopic (exact) mass is 410 g/mol. The van der Waals surface area contributed by atoms with E-state index < -0.39 is 23.8 Å². The average Bonchev–Trinajstić information content (AvgIpc) is 3.10.